The first-order chi connectivity index (χ1) is 13.0. The molecule has 1 fully saturated rings. The van der Waals surface area contributed by atoms with Crippen molar-refractivity contribution in [2.45, 2.75) is 19.8 Å². The molecule has 140 valence electrons. The number of nitrogens with zero attached hydrogens (tertiary/aromatic N) is 2. The maximum absolute atomic E-state index is 12.3. The summed E-state index contributed by atoms with van der Waals surface area (Å²) in [5, 5.41) is 11.6. The SMILES string of the molecule is Cc1onc(-c2c(Cl)cccc2Cl)c1NC(=O)N/N=C\[C@@H]1C[C@H]2C=C[C@H]1C2. The molecule has 2 bridgehead atoms. The van der Waals surface area contributed by atoms with Gasteiger partial charge in [-0.05, 0) is 43.7 Å². The molecule has 6 nitrogen and oxygen atoms in total. The summed E-state index contributed by atoms with van der Waals surface area (Å²) in [5.41, 5.74) is 3.79. The summed E-state index contributed by atoms with van der Waals surface area (Å²) in [6.07, 6.45) is 8.61. The van der Waals surface area contributed by atoms with E-state index >= 15 is 0 Å². The summed E-state index contributed by atoms with van der Waals surface area (Å²) in [6, 6.07) is 4.65. The Hall–Kier alpha value is -2.31. The summed E-state index contributed by atoms with van der Waals surface area (Å²) >= 11 is 12.5. The maximum atomic E-state index is 12.3. The van der Waals surface area contributed by atoms with Gasteiger partial charge in [0.05, 0.1) is 10.0 Å². The first kappa shape index (κ1) is 18.1. The molecule has 27 heavy (non-hydrogen) atoms. The lowest BCUT2D eigenvalue weighted by Gasteiger charge is -2.12. The number of hydrogen-bond donors (Lipinski definition) is 2. The Morgan fingerprint density at radius 1 is 1.30 bits per heavy atom. The molecule has 0 unspecified atom stereocenters. The standard InChI is InChI=1S/C19H18Cl2N4O2/c1-10-17(18(25-27-10)16-14(20)3-2-4-15(16)21)23-19(26)24-22-9-13-8-11-5-6-12(13)7-11/h2-6,9,11-13H,7-8H2,1H3,(H2,23,24,26)/b22-9-/t11-,12-,13-/m0/s1. The number of fused-ring (bicyclic) bond motifs is 2. The number of benzene rings is 1. The zero-order chi connectivity index (χ0) is 19.0. The second-order valence-electron chi connectivity index (χ2n) is 6.85. The number of allylic oxidation sites excluding steroid dienone is 2. The highest BCUT2D eigenvalue weighted by Gasteiger charge is 2.34. The first-order valence-corrected chi connectivity index (χ1v) is 9.47. The smallest absolute Gasteiger partial charge is 0.339 e. The number of carbonyl (C=O) groups is 1. The van der Waals surface area contributed by atoms with Crippen LogP contribution in [0, 0.1) is 24.7 Å². The van der Waals surface area contributed by atoms with Crippen LogP contribution in [0.25, 0.3) is 11.3 Å². The Morgan fingerprint density at radius 2 is 2.07 bits per heavy atom. The van der Waals surface area contributed by atoms with E-state index in [1.54, 1.807) is 25.1 Å². The maximum Gasteiger partial charge on any atom is 0.339 e. The Morgan fingerprint density at radius 3 is 2.74 bits per heavy atom. The average Bonchev–Trinajstić information content (AvgIpc) is 3.33. The number of carbonyl (C=O) groups excluding carboxylic acids is 1. The van der Waals surface area contributed by atoms with E-state index in [0.717, 1.165) is 6.42 Å². The number of aromatic nitrogens is 1. The van der Waals surface area contributed by atoms with Crippen LogP contribution in [0.1, 0.15) is 18.6 Å². The van der Waals surface area contributed by atoms with Crippen LogP contribution in [0.4, 0.5) is 10.5 Å². The van der Waals surface area contributed by atoms with E-state index < -0.39 is 6.03 Å². The van der Waals surface area contributed by atoms with E-state index in [9.17, 15) is 4.79 Å². The highest BCUT2D eigenvalue weighted by Crippen LogP contribution is 2.42. The Kier molecular flexibility index (Phi) is 4.93. The second kappa shape index (κ2) is 7.37. The van der Waals surface area contributed by atoms with Crippen molar-refractivity contribution in [1.29, 1.82) is 0 Å². The van der Waals surface area contributed by atoms with Crippen molar-refractivity contribution in [3.63, 3.8) is 0 Å². The number of aryl methyl sites for hydroxylation is 1. The van der Waals surface area contributed by atoms with Crippen molar-refractivity contribution in [1.82, 2.24) is 10.6 Å². The summed E-state index contributed by atoms with van der Waals surface area (Å²) in [6.45, 7) is 1.70. The van der Waals surface area contributed by atoms with E-state index in [0.29, 0.717) is 50.5 Å². The van der Waals surface area contributed by atoms with Crippen LogP contribution in [0.5, 0.6) is 0 Å². The van der Waals surface area contributed by atoms with Gasteiger partial charge in [-0.15, -0.1) is 0 Å². The summed E-state index contributed by atoms with van der Waals surface area (Å²) in [4.78, 5) is 12.3. The van der Waals surface area contributed by atoms with Crippen LogP contribution in [-0.2, 0) is 0 Å². The van der Waals surface area contributed by atoms with Gasteiger partial charge in [-0.1, -0.05) is 46.6 Å². The van der Waals surface area contributed by atoms with Crippen LogP contribution in [-0.4, -0.2) is 17.4 Å². The fourth-order valence-electron chi connectivity index (χ4n) is 3.74. The number of anilines is 1. The quantitative estimate of drug-likeness (QED) is 0.413. The molecule has 2 aliphatic carbocycles. The van der Waals surface area contributed by atoms with Crippen molar-refractivity contribution < 1.29 is 9.32 Å². The fourth-order valence-corrected chi connectivity index (χ4v) is 4.32. The minimum Gasteiger partial charge on any atom is -0.359 e. The molecule has 1 aromatic carbocycles. The lowest BCUT2D eigenvalue weighted by molar-refractivity contribution is 0.252. The molecular formula is C19H18Cl2N4O2. The number of amides is 2. The zero-order valence-electron chi connectivity index (χ0n) is 14.6. The molecule has 8 heteroatoms. The van der Waals surface area contributed by atoms with E-state index in [1.165, 1.54) is 6.42 Å². The fraction of sp³-hybridized carbons (Fsp3) is 0.316. The molecule has 0 aliphatic heterocycles. The van der Waals surface area contributed by atoms with Gasteiger partial charge >= 0.3 is 6.03 Å². The second-order valence-corrected chi connectivity index (χ2v) is 7.66. The Bertz CT molecular complexity index is 918. The van der Waals surface area contributed by atoms with E-state index in [2.05, 4.69) is 33.2 Å². The van der Waals surface area contributed by atoms with Gasteiger partial charge in [0.1, 0.15) is 11.4 Å². The molecule has 4 rings (SSSR count). The lowest BCUT2D eigenvalue weighted by Crippen LogP contribution is -2.25. The topological polar surface area (TPSA) is 79.5 Å². The molecule has 2 amide bonds. The molecular weight excluding hydrogens is 387 g/mol. The molecule has 0 saturated heterocycles. The number of rotatable bonds is 4. The number of urea groups is 1. The molecule has 2 N–H and O–H groups in total. The van der Waals surface area contributed by atoms with Gasteiger partial charge in [-0.2, -0.15) is 5.10 Å². The minimum atomic E-state index is -0.485. The van der Waals surface area contributed by atoms with Crippen LogP contribution in [0.3, 0.4) is 0 Å². The summed E-state index contributed by atoms with van der Waals surface area (Å²) in [5.74, 6) is 2.02. The van der Waals surface area contributed by atoms with Crippen molar-refractivity contribution >= 4 is 41.1 Å². The zero-order valence-corrected chi connectivity index (χ0v) is 16.1. The van der Waals surface area contributed by atoms with Gasteiger partial charge in [-0.25, -0.2) is 10.2 Å². The average molecular weight is 405 g/mol. The molecule has 1 saturated carbocycles. The van der Waals surface area contributed by atoms with Crippen molar-refractivity contribution in [2.75, 3.05) is 5.32 Å². The van der Waals surface area contributed by atoms with Gasteiger partial charge < -0.3 is 9.84 Å². The third-order valence-electron chi connectivity index (χ3n) is 5.06. The molecule has 1 heterocycles. The van der Waals surface area contributed by atoms with E-state index in [-0.39, 0.29) is 0 Å². The summed E-state index contributed by atoms with van der Waals surface area (Å²) < 4.78 is 5.22. The summed E-state index contributed by atoms with van der Waals surface area (Å²) in [7, 11) is 0. The molecule has 0 spiro atoms. The van der Waals surface area contributed by atoms with Gasteiger partial charge in [0.2, 0.25) is 0 Å². The molecule has 0 radical (unpaired) electrons. The van der Waals surface area contributed by atoms with Gasteiger partial charge in [0.15, 0.2) is 5.76 Å². The van der Waals surface area contributed by atoms with E-state index in [1.807, 2.05) is 6.21 Å². The minimum absolute atomic E-state index is 0.375. The predicted octanol–water partition coefficient (Wildman–Crippen LogP) is 5.28. The van der Waals surface area contributed by atoms with Crippen LogP contribution in [0.2, 0.25) is 10.0 Å². The van der Waals surface area contributed by atoms with Crippen molar-refractivity contribution in [3.05, 3.63) is 46.2 Å². The molecule has 2 aliphatic rings. The number of hydrazone groups is 1. The van der Waals surface area contributed by atoms with Crippen LogP contribution >= 0.6 is 23.2 Å². The molecule has 1 aromatic heterocycles. The van der Waals surface area contributed by atoms with Crippen LogP contribution < -0.4 is 10.7 Å². The highest BCUT2D eigenvalue weighted by atomic mass is 35.5. The lowest BCUT2D eigenvalue weighted by atomic mass is 9.95. The Labute approximate surface area is 166 Å². The van der Waals surface area contributed by atoms with Crippen LogP contribution in [0.15, 0.2) is 40.0 Å². The molecule has 3 atom stereocenters. The third-order valence-corrected chi connectivity index (χ3v) is 5.69. The van der Waals surface area contributed by atoms with Gasteiger partial charge in [-0.3, -0.25) is 0 Å². The van der Waals surface area contributed by atoms with E-state index in [4.69, 9.17) is 27.7 Å². The van der Waals surface area contributed by atoms with Crippen molar-refractivity contribution in [3.8, 4) is 11.3 Å². The largest absolute Gasteiger partial charge is 0.359 e. The molecule has 2 aromatic rings. The number of nitrogens with one attached hydrogen (secondary N) is 2. The monoisotopic (exact) mass is 404 g/mol. The van der Waals surface area contributed by atoms with Gasteiger partial charge in [0, 0.05) is 17.7 Å². The number of hydrogen-bond acceptors (Lipinski definition) is 4. The third kappa shape index (κ3) is 3.59. The highest BCUT2D eigenvalue weighted by molar-refractivity contribution is 6.39. The van der Waals surface area contributed by atoms with Crippen molar-refractivity contribution in [2.24, 2.45) is 22.9 Å². The van der Waals surface area contributed by atoms with Gasteiger partial charge in [0.25, 0.3) is 0 Å². The number of halogens is 2. The Balaban J connectivity index is 1.46. The first-order valence-electron chi connectivity index (χ1n) is 8.72. The normalized spacial score (nSPS) is 23.3. The predicted molar refractivity (Wildman–Crippen MR) is 106 cm³/mol.